The van der Waals surface area contributed by atoms with Crippen LogP contribution in [0.4, 0.5) is 0 Å². The topological polar surface area (TPSA) is 73.3 Å². The van der Waals surface area contributed by atoms with Crippen LogP contribution in [0.3, 0.4) is 0 Å². The molecule has 0 amide bonds. The van der Waals surface area contributed by atoms with Gasteiger partial charge in [0.05, 0.1) is 19.9 Å². The largest absolute Gasteiger partial charge is 0.497 e. The highest BCUT2D eigenvalue weighted by molar-refractivity contribution is 5.30. The average molecular weight is 464 g/mol. The summed E-state index contributed by atoms with van der Waals surface area (Å²) in [4.78, 5) is 0. The highest BCUT2D eigenvalue weighted by Crippen LogP contribution is 2.62. The molecule has 34 heavy (non-hydrogen) atoms. The number of hydrogen-bond donors (Lipinski definition) is 2. The summed E-state index contributed by atoms with van der Waals surface area (Å²) in [5.41, 5.74) is 12.0. The van der Waals surface area contributed by atoms with Crippen LogP contribution in [0, 0.1) is 34.5 Å². The molecule has 3 N–H and O–H groups in total. The van der Waals surface area contributed by atoms with Gasteiger partial charge in [-0.15, -0.1) is 0 Å². The maximum absolute atomic E-state index is 10.6. The molecule has 0 bridgehead atoms. The molecule has 0 spiro atoms. The lowest BCUT2D eigenvalue weighted by molar-refractivity contribution is -0.0539. The van der Waals surface area contributed by atoms with E-state index < -0.39 is 0 Å². The summed E-state index contributed by atoms with van der Waals surface area (Å²) in [5, 5.41) is 15.4. The zero-order valence-corrected chi connectivity index (χ0v) is 21.1. The molecule has 0 unspecified atom stereocenters. The molecule has 3 aliphatic carbocycles. The Morgan fingerprint density at radius 1 is 1.21 bits per heavy atom. The Kier molecular flexibility index (Phi) is 6.14. The quantitative estimate of drug-likeness (QED) is 0.614. The van der Waals surface area contributed by atoms with Crippen molar-refractivity contribution in [3.05, 3.63) is 59.4 Å². The van der Waals surface area contributed by atoms with Gasteiger partial charge in [0.1, 0.15) is 5.75 Å². The van der Waals surface area contributed by atoms with Gasteiger partial charge in [0, 0.05) is 12.3 Å². The molecule has 184 valence electrons. The van der Waals surface area contributed by atoms with Crippen LogP contribution in [-0.4, -0.2) is 35.1 Å². The average Bonchev–Trinajstić information content (AvgIpc) is 3.37. The molecule has 2 fully saturated rings. The van der Waals surface area contributed by atoms with Gasteiger partial charge in [-0.2, -0.15) is 5.10 Å². The van der Waals surface area contributed by atoms with Gasteiger partial charge in [-0.1, -0.05) is 38.1 Å². The summed E-state index contributed by atoms with van der Waals surface area (Å²) < 4.78 is 7.43. The molecular weight excluding hydrogens is 422 g/mol. The number of allylic oxidation sites excluding steroid dienone is 1. The van der Waals surface area contributed by atoms with Gasteiger partial charge in [-0.05, 0) is 103 Å². The minimum Gasteiger partial charge on any atom is -0.497 e. The lowest BCUT2D eigenvalue weighted by Gasteiger charge is -2.55. The number of nitrogens with zero attached hydrogens (tertiary/aromatic N) is 2. The van der Waals surface area contributed by atoms with Gasteiger partial charge in [-0.25, -0.2) is 0 Å². The molecule has 0 saturated heterocycles. The zero-order valence-electron chi connectivity index (χ0n) is 21.1. The van der Waals surface area contributed by atoms with Crippen molar-refractivity contribution < 1.29 is 9.84 Å². The summed E-state index contributed by atoms with van der Waals surface area (Å²) in [6, 6.07) is 8.20. The van der Waals surface area contributed by atoms with Gasteiger partial charge in [0.15, 0.2) is 0 Å². The molecular formula is C29H41N3O2. The fourth-order valence-electron chi connectivity index (χ4n) is 7.94. The predicted octanol–water partition coefficient (Wildman–Crippen LogP) is 4.61. The summed E-state index contributed by atoms with van der Waals surface area (Å²) in [5.74, 6) is 2.73. The Morgan fingerprint density at radius 2 is 1.97 bits per heavy atom. The molecule has 0 radical (unpaired) electrons. The smallest absolute Gasteiger partial charge is 0.118 e. The highest BCUT2D eigenvalue weighted by atomic mass is 16.5. The molecule has 6 atom stereocenters. The second-order valence-electron chi connectivity index (χ2n) is 11.6. The van der Waals surface area contributed by atoms with Crippen molar-refractivity contribution >= 4 is 0 Å². The first-order chi connectivity index (χ1) is 16.3. The molecule has 1 heterocycles. The number of rotatable bonds is 6. The maximum atomic E-state index is 10.6. The maximum Gasteiger partial charge on any atom is 0.118 e. The van der Waals surface area contributed by atoms with E-state index in [0.717, 1.165) is 38.1 Å². The van der Waals surface area contributed by atoms with E-state index in [1.165, 1.54) is 41.7 Å². The molecule has 5 heteroatoms. The monoisotopic (exact) mass is 463 g/mol. The van der Waals surface area contributed by atoms with Gasteiger partial charge >= 0.3 is 0 Å². The second kappa shape index (κ2) is 8.83. The van der Waals surface area contributed by atoms with Crippen LogP contribution in [-0.2, 0) is 19.4 Å². The van der Waals surface area contributed by atoms with Gasteiger partial charge in [-0.3, -0.25) is 4.68 Å². The van der Waals surface area contributed by atoms with Crippen molar-refractivity contribution in [2.75, 3.05) is 20.3 Å². The lowest BCUT2D eigenvalue weighted by atomic mass is 9.49. The van der Waals surface area contributed by atoms with E-state index in [-0.39, 0.29) is 23.4 Å². The van der Waals surface area contributed by atoms with Crippen molar-refractivity contribution in [2.45, 2.75) is 58.9 Å². The van der Waals surface area contributed by atoms with Crippen LogP contribution in [0.2, 0.25) is 0 Å². The van der Waals surface area contributed by atoms with E-state index in [4.69, 9.17) is 15.6 Å². The number of nitrogens with two attached hydrogens (primary N) is 1. The zero-order chi connectivity index (χ0) is 24.1. The van der Waals surface area contributed by atoms with Gasteiger partial charge in [0.25, 0.3) is 0 Å². The Balaban J connectivity index is 1.42. The first-order valence-corrected chi connectivity index (χ1v) is 13.0. The number of fused-ring (bicyclic) bond motifs is 2. The molecule has 1 aromatic heterocycles. The molecule has 0 aliphatic heterocycles. The summed E-state index contributed by atoms with van der Waals surface area (Å²) in [7, 11) is 1.69. The molecule has 2 aromatic rings. The number of aliphatic hydroxyl groups is 1. The van der Waals surface area contributed by atoms with Crippen molar-refractivity contribution in [3.8, 4) is 5.75 Å². The van der Waals surface area contributed by atoms with E-state index in [0.29, 0.717) is 17.8 Å². The Bertz CT molecular complexity index is 1040. The molecule has 5 nitrogen and oxygen atoms in total. The first kappa shape index (κ1) is 23.6. The number of aliphatic hydroxyl groups excluding tert-OH is 1. The van der Waals surface area contributed by atoms with E-state index >= 15 is 0 Å². The standard InChI is InChI=1S/C29H41N3O2/c1-19-5-10-25-24(15-30)26(11-12-28(19,25)2)29(3)14-21-16-31-32(27(21)13-22(29)18-33)17-20-6-8-23(34-4)9-7-20/h6-9,16,22,24-26,33H,1,5,10-15,17-18,30H2,2-4H3/t22-,24+,25+,26+,28-,29+/m1/s1. The van der Waals surface area contributed by atoms with Crippen molar-refractivity contribution in [1.82, 2.24) is 9.78 Å². The third-order valence-corrected chi connectivity index (χ3v) is 10.2. The van der Waals surface area contributed by atoms with Gasteiger partial charge in [0.2, 0.25) is 0 Å². The van der Waals surface area contributed by atoms with Crippen LogP contribution < -0.4 is 10.5 Å². The van der Waals surface area contributed by atoms with Crippen LogP contribution in [0.1, 0.15) is 56.4 Å². The van der Waals surface area contributed by atoms with E-state index in [1.54, 1.807) is 7.11 Å². The third kappa shape index (κ3) is 3.63. The number of methoxy groups -OCH3 is 1. The predicted molar refractivity (Wildman–Crippen MR) is 136 cm³/mol. The third-order valence-electron chi connectivity index (χ3n) is 10.2. The second-order valence-corrected chi connectivity index (χ2v) is 11.6. The number of hydrogen-bond acceptors (Lipinski definition) is 4. The van der Waals surface area contributed by atoms with Crippen molar-refractivity contribution in [2.24, 2.45) is 40.2 Å². The summed E-state index contributed by atoms with van der Waals surface area (Å²) in [6.45, 7) is 11.0. The van der Waals surface area contributed by atoms with E-state index in [1.807, 2.05) is 12.1 Å². The fraction of sp³-hybridized carbons (Fsp3) is 0.621. The summed E-state index contributed by atoms with van der Waals surface area (Å²) in [6.07, 6.45) is 8.67. The number of ether oxygens (including phenoxy) is 1. The molecule has 2 saturated carbocycles. The lowest BCUT2D eigenvalue weighted by Crippen LogP contribution is -2.53. The van der Waals surface area contributed by atoms with E-state index in [9.17, 15) is 5.11 Å². The molecule has 3 aliphatic rings. The van der Waals surface area contributed by atoms with Crippen LogP contribution >= 0.6 is 0 Å². The Labute approximate surface area is 204 Å². The van der Waals surface area contributed by atoms with Crippen molar-refractivity contribution in [1.29, 1.82) is 0 Å². The van der Waals surface area contributed by atoms with Crippen molar-refractivity contribution in [3.63, 3.8) is 0 Å². The van der Waals surface area contributed by atoms with E-state index in [2.05, 4.69) is 43.4 Å². The number of benzene rings is 1. The van der Waals surface area contributed by atoms with Crippen LogP contribution in [0.15, 0.2) is 42.6 Å². The SMILES string of the molecule is C=C1CC[C@H]2[C@H](CN)[C@@H]([C@@]3(C)Cc4cnn(Cc5ccc(OC)cc5)c4C[C@@H]3CO)CC[C@]12C. The molecule has 1 aromatic carbocycles. The normalized spacial score (nSPS) is 35.1. The number of aromatic nitrogens is 2. The van der Waals surface area contributed by atoms with Crippen LogP contribution in [0.5, 0.6) is 5.75 Å². The fourth-order valence-corrected chi connectivity index (χ4v) is 7.94. The minimum atomic E-state index is 0.0328. The van der Waals surface area contributed by atoms with Gasteiger partial charge < -0.3 is 15.6 Å². The summed E-state index contributed by atoms with van der Waals surface area (Å²) >= 11 is 0. The molecule has 5 rings (SSSR count). The Morgan fingerprint density at radius 3 is 2.65 bits per heavy atom. The first-order valence-electron chi connectivity index (χ1n) is 13.0. The van der Waals surface area contributed by atoms with Crippen LogP contribution in [0.25, 0.3) is 0 Å². The minimum absolute atomic E-state index is 0.0328. The Hall–Kier alpha value is -2.11. The highest BCUT2D eigenvalue weighted by Gasteiger charge is 2.56.